The summed E-state index contributed by atoms with van der Waals surface area (Å²) in [5.74, 6) is 0.936. The van der Waals surface area contributed by atoms with E-state index in [1.165, 1.54) is 5.56 Å². The van der Waals surface area contributed by atoms with Crippen LogP contribution >= 0.6 is 0 Å². The Morgan fingerprint density at radius 3 is 2.39 bits per heavy atom. The third-order valence-electron chi connectivity index (χ3n) is 5.40. The summed E-state index contributed by atoms with van der Waals surface area (Å²) in [5, 5.41) is 3.02. The highest BCUT2D eigenvalue weighted by atomic mass is 16.2. The normalized spacial score (nSPS) is 15.8. The zero-order valence-electron chi connectivity index (χ0n) is 16.3. The van der Waals surface area contributed by atoms with Crippen molar-refractivity contribution in [2.75, 3.05) is 32.7 Å². The van der Waals surface area contributed by atoms with Crippen LogP contribution in [0.25, 0.3) is 11.0 Å². The predicted molar refractivity (Wildman–Crippen MR) is 111 cm³/mol. The van der Waals surface area contributed by atoms with Crippen molar-refractivity contribution in [1.82, 2.24) is 24.7 Å². The van der Waals surface area contributed by atoms with Gasteiger partial charge in [-0.05, 0) is 17.7 Å². The Morgan fingerprint density at radius 1 is 0.964 bits per heavy atom. The number of imidazole rings is 1. The molecule has 1 aromatic heterocycles. The average molecular weight is 377 g/mol. The molecule has 6 heteroatoms. The van der Waals surface area contributed by atoms with Gasteiger partial charge in [-0.15, -0.1) is 0 Å². The molecule has 3 aromatic rings. The number of amides is 1. The number of nitrogens with one attached hydrogen (secondary N) is 1. The van der Waals surface area contributed by atoms with Crippen LogP contribution < -0.4 is 5.32 Å². The van der Waals surface area contributed by atoms with Crippen LogP contribution in [0.2, 0.25) is 0 Å². The van der Waals surface area contributed by atoms with E-state index in [2.05, 4.69) is 44.4 Å². The van der Waals surface area contributed by atoms with Crippen molar-refractivity contribution in [3.63, 3.8) is 0 Å². The Labute approximate surface area is 165 Å². The molecule has 1 fully saturated rings. The maximum absolute atomic E-state index is 12.4. The smallest absolute Gasteiger partial charge is 0.234 e. The minimum atomic E-state index is 0.0589. The summed E-state index contributed by atoms with van der Waals surface area (Å²) in [5.41, 5.74) is 3.39. The second kappa shape index (κ2) is 8.54. The first-order valence-corrected chi connectivity index (χ1v) is 9.85. The van der Waals surface area contributed by atoms with E-state index >= 15 is 0 Å². The lowest BCUT2D eigenvalue weighted by atomic mass is 10.2. The molecule has 2 aromatic carbocycles. The standard InChI is InChI=1S/C22H27N5O/c1-25-20-10-6-5-9-19(20)24-21(25)15-23-22(28)17-27-13-11-26(12-14-27)16-18-7-3-2-4-8-18/h2-10H,11-17H2,1H3,(H,23,28). The van der Waals surface area contributed by atoms with E-state index in [4.69, 9.17) is 0 Å². The number of carbonyl (C=O) groups is 1. The number of rotatable bonds is 6. The summed E-state index contributed by atoms with van der Waals surface area (Å²) >= 11 is 0. The number of nitrogens with zero attached hydrogens (tertiary/aromatic N) is 4. The number of carbonyl (C=O) groups excluding carboxylic acids is 1. The molecule has 0 bridgehead atoms. The Balaban J connectivity index is 1.23. The van der Waals surface area contributed by atoms with Gasteiger partial charge in [-0.1, -0.05) is 42.5 Å². The first kappa shape index (κ1) is 18.7. The van der Waals surface area contributed by atoms with Gasteiger partial charge < -0.3 is 9.88 Å². The third-order valence-corrected chi connectivity index (χ3v) is 5.40. The van der Waals surface area contributed by atoms with Crippen LogP contribution in [0.4, 0.5) is 0 Å². The van der Waals surface area contributed by atoms with Gasteiger partial charge >= 0.3 is 0 Å². The summed E-state index contributed by atoms with van der Waals surface area (Å²) in [6.45, 7) is 5.72. The maximum atomic E-state index is 12.4. The molecule has 0 aliphatic carbocycles. The fourth-order valence-electron chi connectivity index (χ4n) is 3.74. The largest absolute Gasteiger partial charge is 0.348 e. The van der Waals surface area contributed by atoms with Crippen LogP contribution in [0, 0.1) is 0 Å². The van der Waals surface area contributed by atoms with Gasteiger partial charge in [0.15, 0.2) is 0 Å². The van der Waals surface area contributed by atoms with Crippen LogP contribution in [0.15, 0.2) is 54.6 Å². The minimum absolute atomic E-state index is 0.0589. The number of para-hydroxylation sites is 2. The summed E-state index contributed by atoms with van der Waals surface area (Å²) < 4.78 is 2.04. The van der Waals surface area contributed by atoms with E-state index in [9.17, 15) is 4.79 Å². The predicted octanol–water partition coefficient (Wildman–Crippen LogP) is 2.01. The molecule has 146 valence electrons. The molecule has 0 atom stereocenters. The Morgan fingerprint density at radius 2 is 1.64 bits per heavy atom. The van der Waals surface area contributed by atoms with Crippen molar-refractivity contribution in [2.45, 2.75) is 13.1 Å². The lowest BCUT2D eigenvalue weighted by Gasteiger charge is -2.34. The fourth-order valence-corrected chi connectivity index (χ4v) is 3.74. The summed E-state index contributed by atoms with van der Waals surface area (Å²) in [7, 11) is 1.99. The van der Waals surface area contributed by atoms with Gasteiger partial charge in [0.2, 0.25) is 5.91 Å². The molecule has 0 saturated carbocycles. The van der Waals surface area contributed by atoms with E-state index < -0.39 is 0 Å². The van der Waals surface area contributed by atoms with E-state index in [0.29, 0.717) is 13.1 Å². The topological polar surface area (TPSA) is 53.4 Å². The first-order chi connectivity index (χ1) is 13.7. The van der Waals surface area contributed by atoms with E-state index in [0.717, 1.165) is 49.6 Å². The van der Waals surface area contributed by atoms with E-state index in [1.54, 1.807) is 0 Å². The Kier molecular flexibility index (Phi) is 5.69. The van der Waals surface area contributed by atoms with Gasteiger partial charge in [0.05, 0.1) is 24.1 Å². The summed E-state index contributed by atoms with van der Waals surface area (Å²) in [6.07, 6.45) is 0. The van der Waals surface area contributed by atoms with Crippen LogP contribution in [-0.2, 0) is 24.9 Å². The maximum Gasteiger partial charge on any atom is 0.234 e. The molecule has 6 nitrogen and oxygen atoms in total. The van der Waals surface area contributed by atoms with Crippen molar-refractivity contribution in [3.8, 4) is 0 Å². The number of aromatic nitrogens is 2. The molecule has 28 heavy (non-hydrogen) atoms. The number of fused-ring (bicyclic) bond motifs is 1. The molecule has 0 unspecified atom stereocenters. The molecular formula is C22H27N5O. The number of piperazine rings is 1. The highest BCUT2D eigenvalue weighted by molar-refractivity contribution is 5.78. The zero-order valence-corrected chi connectivity index (χ0v) is 16.3. The molecule has 0 spiro atoms. The van der Waals surface area contributed by atoms with Crippen molar-refractivity contribution in [2.24, 2.45) is 7.05 Å². The number of hydrogen-bond donors (Lipinski definition) is 1. The molecule has 1 aliphatic rings. The molecule has 4 rings (SSSR count). The first-order valence-electron chi connectivity index (χ1n) is 9.85. The highest BCUT2D eigenvalue weighted by Gasteiger charge is 2.19. The number of benzene rings is 2. The lowest BCUT2D eigenvalue weighted by Crippen LogP contribution is -2.49. The van der Waals surface area contributed by atoms with Gasteiger partial charge in [-0.25, -0.2) is 4.98 Å². The summed E-state index contributed by atoms with van der Waals surface area (Å²) in [4.78, 5) is 21.7. The fraction of sp³-hybridized carbons (Fsp3) is 0.364. The number of hydrogen-bond acceptors (Lipinski definition) is 4. The van der Waals surface area contributed by atoms with Crippen molar-refractivity contribution >= 4 is 16.9 Å². The molecular weight excluding hydrogens is 350 g/mol. The Hall–Kier alpha value is -2.70. The van der Waals surface area contributed by atoms with Crippen molar-refractivity contribution in [1.29, 1.82) is 0 Å². The SMILES string of the molecule is Cn1c(CNC(=O)CN2CCN(Cc3ccccc3)CC2)nc2ccccc21. The van der Waals surface area contributed by atoms with Crippen LogP contribution in [0.1, 0.15) is 11.4 Å². The van der Waals surface area contributed by atoms with Crippen LogP contribution in [0.5, 0.6) is 0 Å². The van der Waals surface area contributed by atoms with Gasteiger partial charge in [0, 0.05) is 39.8 Å². The molecule has 1 N–H and O–H groups in total. The highest BCUT2D eigenvalue weighted by Crippen LogP contribution is 2.14. The minimum Gasteiger partial charge on any atom is -0.348 e. The Bertz CT molecular complexity index is 929. The quantitative estimate of drug-likeness (QED) is 0.714. The number of aryl methyl sites for hydroxylation is 1. The van der Waals surface area contributed by atoms with Crippen LogP contribution in [0.3, 0.4) is 0 Å². The van der Waals surface area contributed by atoms with Crippen LogP contribution in [-0.4, -0.2) is 58.0 Å². The molecule has 1 saturated heterocycles. The van der Waals surface area contributed by atoms with Crippen molar-refractivity contribution in [3.05, 3.63) is 66.0 Å². The summed E-state index contributed by atoms with van der Waals surface area (Å²) in [6, 6.07) is 18.6. The van der Waals surface area contributed by atoms with Gasteiger partial charge in [0.25, 0.3) is 0 Å². The lowest BCUT2D eigenvalue weighted by molar-refractivity contribution is -0.122. The second-order valence-corrected chi connectivity index (χ2v) is 7.39. The van der Waals surface area contributed by atoms with Gasteiger partial charge in [-0.2, -0.15) is 0 Å². The third kappa shape index (κ3) is 4.40. The molecule has 0 radical (unpaired) electrons. The van der Waals surface area contributed by atoms with Gasteiger partial charge in [-0.3, -0.25) is 14.6 Å². The van der Waals surface area contributed by atoms with E-state index in [-0.39, 0.29) is 5.91 Å². The van der Waals surface area contributed by atoms with Gasteiger partial charge in [0.1, 0.15) is 5.82 Å². The molecule has 1 aliphatic heterocycles. The monoisotopic (exact) mass is 377 g/mol. The van der Waals surface area contributed by atoms with Crippen molar-refractivity contribution < 1.29 is 4.79 Å². The zero-order chi connectivity index (χ0) is 19.3. The van der Waals surface area contributed by atoms with E-state index in [1.807, 2.05) is 41.9 Å². The second-order valence-electron chi connectivity index (χ2n) is 7.39. The molecule has 2 heterocycles. The average Bonchev–Trinajstić information content (AvgIpc) is 3.05. The molecule has 1 amide bonds.